The highest BCUT2D eigenvalue weighted by molar-refractivity contribution is 6.18. The maximum Gasteiger partial charge on any atom is 0.273 e. The predicted molar refractivity (Wildman–Crippen MR) is 74.4 cm³/mol. The quantitative estimate of drug-likeness (QED) is 0.794. The van der Waals surface area contributed by atoms with Crippen LogP contribution in [-0.2, 0) is 0 Å². The maximum absolute atomic E-state index is 12.5. The van der Waals surface area contributed by atoms with Crippen molar-refractivity contribution in [3.63, 3.8) is 0 Å². The summed E-state index contributed by atoms with van der Waals surface area (Å²) in [5, 5.41) is 1.49. The van der Waals surface area contributed by atoms with E-state index >= 15 is 0 Å². The van der Waals surface area contributed by atoms with Crippen molar-refractivity contribution in [1.29, 1.82) is 0 Å². The second-order valence-corrected chi connectivity index (χ2v) is 4.59. The van der Waals surface area contributed by atoms with Crippen molar-refractivity contribution in [2.45, 2.75) is 6.43 Å². The summed E-state index contributed by atoms with van der Waals surface area (Å²) >= 11 is 5.57. The molecule has 0 atom stereocenters. The van der Waals surface area contributed by atoms with Gasteiger partial charge in [0.05, 0.1) is 6.54 Å². The average Bonchev–Trinajstić information content (AvgIpc) is 2.45. The van der Waals surface area contributed by atoms with E-state index in [9.17, 15) is 13.6 Å². The minimum atomic E-state index is -2.60. The number of benzene rings is 1. The fraction of sp³-hybridized carbons (Fsp3) is 0.286. The van der Waals surface area contributed by atoms with Gasteiger partial charge in [0.15, 0.2) is 0 Å². The van der Waals surface area contributed by atoms with Crippen LogP contribution in [0.2, 0.25) is 0 Å². The maximum atomic E-state index is 12.5. The van der Waals surface area contributed by atoms with E-state index in [0.717, 1.165) is 10.3 Å². The number of fused-ring (bicyclic) bond motifs is 1. The molecule has 0 N–H and O–H groups in total. The van der Waals surface area contributed by atoms with Gasteiger partial charge in [-0.2, -0.15) is 0 Å². The first kappa shape index (κ1) is 14.7. The molecule has 0 saturated heterocycles. The molecule has 3 nitrogen and oxygen atoms in total. The molecule has 0 radical (unpaired) electrons. The Morgan fingerprint density at radius 1 is 1.30 bits per heavy atom. The summed E-state index contributed by atoms with van der Waals surface area (Å²) in [7, 11) is 0. The summed E-state index contributed by atoms with van der Waals surface area (Å²) < 4.78 is 25.1. The minimum Gasteiger partial charge on any atom is -0.330 e. The SMILES string of the molecule is O=C(c1nccc2ccccc12)N(CCCl)CC(F)F. The number of rotatable bonds is 5. The van der Waals surface area contributed by atoms with Gasteiger partial charge in [0, 0.05) is 24.0 Å². The van der Waals surface area contributed by atoms with Gasteiger partial charge in [-0.25, -0.2) is 8.78 Å². The van der Waals surface area contributed by atoms with Crippen LogP contribution in [0.3, 0.4) is 0 Å². The molecule has 20 heavy (non-hydrogen) atoms. The fourth-order valence-corrected chi connectivity index (χ4v) is 2.19. The molecule has 106 valence electrons. The number of hydrogen-bond donors (Lipinski definition) is 0. The molecule has 1 aromatic carbocycles. The third kappa shape index (κ3) is 3.22. The van der Waals surface area contributed by atoms with Crippen LogP contribution in [0.5, 0.6) is 0 Å². The Kier molecular flexibility index (Phi) is 4.84. The Morgan fingerprint density at radius 3 is 2.75 bits per heavy atom. The van der Waals surface area contributed by atoms with Crippen LogP contribution in [-0.4, -0.2) is 41.2 Å². The largest absolute Gasteiger partial charge is 0.330 e. The van der Waals surface area contributed by atoms with Crippen LogP contribution >= 0.6 is 11.6 Å². The van der Waals surface area contributed by atoms with E-state index in [1.165, 1.54) is 6.20 Å². The zero-order chi connectivity index (χ0) is 14.5. The van der Waals surface area contributed by atoms with Crippen molar-refractivity contribution in [1.82, 2.24) is 9.88 Å². The molecule has 0 bridgehead atoms. The Morgan fingerprint density at radius 2 is 2.05 bits per heavy atom. The first-order chi connectivity index (χ1) is 9.63. The summed E-state index contributed by atoms with van der Waals surface area (Å²) in [4.78, 5) is 17.4. The van der Waals surface area contributed by atoms with E-state index in [0.29, 0.717) is 5.39 Å². The highest BCUT2D eigenvalue weighted by atomic mass is 35.5. The molecular weight excluding hydrogens is 286 g/mol. The first-order valence-corrected chi connectivity index (χ1v) is 6.64. The number of hydrogen-bond acceptors (Lipinski definition) is 2. The smallest absolute Gasteiger partial charge is 0.273 e. The third-order valence-electron chi connectivity index (χ3n) is 2.88. The third-order valence-corrected chi connectivity index (χ3v) is 3.05. The van der Waals surface area contributed by atoms with Crippen LogP contribution < -0.4 is 0 Å². The predicted octanol–water partition coefficient (Wildman–Crippen LogP) is 3.18. The van der Waals surface area contributed by atoms with Gasteiger partial charge >= 0.3 is 0 Å². The van der Waals surface area contributed by atoms with Crippen molar-refractivity contribution < 1.29 is 13.6 Å². The number of alkyl halides is 3. The van der Waals surface area contributed by atoms with Gasteiger partial charge in [-0.05, 0) is 11.5 Å². The number of amides is 1. The Labute approximate surface area is 120 Å². The molecule has 0 aliphatic heterocycles. The summed E-state index contributed by atoms with van der Waals surface area (Å²) in [6.45, 7) is -0.577. The average molecular weight is 299 g/mol. The van der Waals surface area contributed by atoms with Crippen molar-refractivity contribution in [3.05, 3.63) is 42.2 Å². The molecule has 0 unspecified atom stereocenters. The van der Waals surface area contributed by atoms with E-state index in [4.69, 9.17) is 11.6 Å². The zero-order valence-corrected chi connectivity index (χ0v) is 11.4. The van der Waals surface area contributed by atoms with Crippen molar-refractivity contribution in [2.24, 2.45) is 0 Å². The van der Waals surface area contributed by atoms with E-state index in [2.05, 4.69) is 4.98 Å². The highest BCUT2D eigenvalue weighted by Gasteiger charge is 2.21. The summed E-state index contributed by atoms with van der Waals surface area (Å²) in [6, 6.07) is 8.97. The number of nitrogens with zero attached hydrogens (tertiary/aromatic N) is 2. The first-order valence-electron chi connectivity index (χ1n) is 6.10. The molecule has 2 aromatic rings. The van der Waals surface area contributed by atoms with Crippen LogP contribution in [0.15, 0.2) is 36.5 Å². The number of halogens is 3. The standard InChI is InChI=1S/C14H13ClF2N2O/c15-6-8-19(9-12(16)17)14(20)13-11-4-2-1-3-10(11)5-7-18-13/h1-5,7,12H,6,8-9H2. The van der Waals surface area contributed by atoms with E-state index < -0.39 is 18.9 Å². The van der Waals surface area contributed by atoms with Gasteiger partial charge < -0.3 is 4.90 Å². The Hall–Kier alpha value is -1.75. The molecule has 1 aromatic heterocycles. The molecule has 0 spiro atoms. The molecule has 6 heteroatoms. The normalized spacial score (nSPS) is 11.0. The Bertz CT molecular complexity index is 601. The van der Waals surface area contributed by atoms with Gasteiger partial charge in [-0.1, -0.05) is 24.3 Å². The zero-order valence-electron chi connectivity index (χ0n) is 10.6. The number of pyridine rings is 1. The van der Waals surface area contributed by atoms with Crippen LogP contribution in [0.25, 0.3) is 10.8 Å². The lowest BCUT2D eigenvalue weighted by Crippen LogP contribution is -2.37. The van der Waals surface area contributed by atoms with Gasteiger partial charge in [0.2, 0.25) is 0 Å². The van der Waals surface area contributed by atoms with Gasteiger partial charge in [0.1, 0.15) is 5.69 Å². The summed E-state index contributed by atoms with van der Waals surface area (Å²) in [5.41, 5.74) is 0.175. The molecule has 1 amide bonds. The lowest BCUT2D eigenvalue weighted by Gasteiger charge is -2.21. The lowest BCUT2D eigenvalue weighted by molar-refractivity contribution is 0.0568. The Balaban J connectivity index is 2.38. The molecule has 2 rings (SSSR count). The second-order valence-electron chi connectivity index (χ2n) is 4.21. The lowest BCUT2D eigenvalue weighted by atomic mass is 10.1. The number of carbonyl (C=O) groups excluding carboxylic acids is 1. The van der Waals surface area contributed by atoms with Crippen molar-refractivity contribution >= 4 is 28.3 Å². The van der Waals surface area contributed by atoms with E-state index in [1.807, 2.05) is 12.1 Å². The van der Waals surface area contributed by atoms with E-state index in [1.54, 1.807) is 18.2 Å². The molecular formula is C14H13ClF2N2O. The van der Waals surface area contributed by atoms with Gasteiger partial charge in [-0.15, -0.1) is 11.6 Å². The van der Waals surface area contributed by atoms with Crippen LogP contribution in [0.4, 0.5) is 8.78 Å². The molecule has 0 aliphatic rings. The molecule has 0 saturated carbocycles. The molecule has 0 fully saturated rings. The van der Waals surface area contributed by atoms with Crippen LogP contribution in [0, 0.1) is 0 Å². The summed E-state index contributed by atoms with van der Waals surface area (Å²) in [6.07, 6.45) is -1.10. The monoisotopic (exact) mass is 298 g/mol. The minimum absolute atomic E-state index is 0.0651. The fourth-order valence-electron chi connectivity index (χ4n) is 1.98. The molecule has 0 aliphatic carbocycles. The van der Waals surface area contributed by atoms with E-state index in [-0.39, 0.29) is 18.1 Å². The van der Waals surface area contributed by atoms with Crippen molar-refractivity contribution in [2.75, 3.05) is 19.0 Å². The number of aromatic nitrogens is 1. The topological polar surface area (TPSA) is 33.2 Å². The van der Waals surface area contributed by atoms with Gasteiger partial charge in [-0.3, -0.25) is 9.78 Å². The van der Waals surface area contributed by atoms with Crippen molar-refractivity contribution in [3.8, 4) is 0 Å². The second kappa shape index (κ2) is 6.61. The van der Waals surface area contributed by atoms with Crippen LogP contribution in [0.1, 0.15) is 10.5 Å². The highest BCUT2D eigenvalue weighted by Crippen LogP contribution is 2.18. The van der Waals surface area contributed by atoms with Gasteiger partial charge in [0.25, 0.3) is 12.3 Å². The summed E-state index contributed by atoms with van der Waals surface area (Å²) in [5.74, 6) is -0.425. The number of carbonyl (C=O) groups is 1. The molecule has 1 heterocycles.